The van der Waals surface area contributed by atoms with Gasteiger partial charge in [-0.3, -0.25) is 9.00 Å². The summed E-state index contributed by atoms with van der Waals surface area (Å²) >= 11 is 2.96. The smallest absolute Gasteiger partial charge is 0.772 e. The first-order valence-corrected chi connectivity index (χ1v) is 4.03. The molecule has 0 N–H and O–H groups in total. The van der Waals surface area contributed by atoms with Gasteiger partial charge in [-0.25, -0.2) is 0 Å². The molecule has 0 aromatic carbocycles. The van der Waals surface area contributed by atoms with Crippen LogP contribution in [-0.2, 0) is 20.6 Å². The summed E-state index contributed by atoms with van der Waals surface area (Å²) in [6, 6.07) is 0. The van der Waals surface area contributed by atoms with Crippen molar-refractivity contribution in [2.45, 2.75) is 5.38 Å². The second-order valence-corrected chi connectivity index (χ2v) is 2.93. The molecule has 0 aliphatic rings. The van der Waals surface area contributed by atoms with E-state index in [4.69, 9.17) is 11.6 Å². The van der Waals surface area contributed by atoms with E-state index in [0.29, 0.717) is 0 Å². The molecule has 11 heavy (non-hydrogen) atoms. The fraction of sp³-hybridized carbons (Fsp3) is 0.750. The van der Waals surface area contributed by atoms with Crippen molar-refractivity contribution in [1.82, 2.24) is 0 Å². The van der Waals surface area contributed by atoms with Gasteiger partial charge in [-0.05, 0) is 0 Å². The van der Waals surface area contributed by atoms with Crippen molar-refractivity contribution in [2.24, 2.45) is 0 Å². The van der Waals surface area contributed by atoms with E-state index in [1.165, 1.54) is 0 Å². The van der Waals surface area contributed by atoms with Crippen LogP contribution in [0.5, 0.6) is 0 Å². The van der Waals surface area contributed by atoms with E-state index in [2.05, 4.69) is 4.74 Å². The van der Waals surface area contributed by atoms with E-state index in [1.54, 1.807) is 0 Å². The van der Waals surface area contributed by atoms with Crippen LogP contribution in [0.3, 0.4) is 0 Å². The number of methoxy groups -OCH3 is 1. The van der Waals surface area contributed by atoms with Gasteiger partial charge in [0.25, 0.3) is 0 Å². The summed E-state index contributed by atoms with van der Waals surface area (Å²) in [5.74, 6) is -1.14. The molecule has 0 rings (SSSR count). The number of ether oxygens (including phenoxy) is 1. The maximum Gasteiger partial charge on any atom is 1.00 e. The second-order valence-electron chi connectivity index (χ2n) is 1.46. The summed E-state index contributed by atoms with van der Waals surface area (Å²) in [6.45, 7) is 0. The molecule has 4 nitrogen and oxygen atoms in total. The molecule has 0 aromatic heterocycles. The molecule has 7 heteroatoms. The minimum atomic E-state index is -2.30. The van der Waals surface area contributed by atoms with Crippen LogP contribution in [0, 0.1) is 0 Å². The average Bonchev–Trinajstić information content (AvgIpc) is 1.85. The zero-order valence-corrected chi connectivity index (χ0v) is 9.78. The quantitative estimate of drug-likeness (QED) is 0.210. The maximum absolute atomic E-state index is 10.4. The molecule has 0 aromatic rings. The third-order valence-corrected chi connectivity index (χ3v) is 1.86. The van der Waals surface area contributed by atoms with Gasteiger partial charge in [0.2, 0.25) is 0 Å². The first-order chi connectivity index (χ1) is 4.57. The Morgan fingerprint density at radius 3 is 2.55 bits per heavy atom. The van der Waals surface area contributed by atoms with Gasteiger partial charge >= 0.3 is 35.5 Å². The Bertz CT molecular complexity index is 153. The Labute approximate surface area is 94.2 Å². The summed E-state index contributed by atoms with van der Waals surface area (Å²) in [5, 5.41) is -1.09. The Hall–Kier alpha value is 0.870. The van der Waals surface area contributed by atoms with E-state index in [-0.39, 0.29) is 29.6 Å². The third kappa shape index (κ3) is 7.24. The number of hydrogen-bond donors (Lipinski definition) is 0. The van der Waals surface area contributed by atoms with E-state index in [0.717, 1.165) is 7.11 Å². The van der Waals surface area contributed by atoms with Crippen molar-refractivity contribution in [3.63, 3.8) is 0 Å². The Kier molecular flexibility index (Phi) is 9.84. The Morgan fingerprint density at radius 2 is 2.27 bits per heavy atom. The van der Waals surface area contributed by atoms with Gasteiger partial charge in [-0.1, -0.05) is 11.1 Å². The van der Waals surface area contributed by atoms with Crippen LogP contribution in [-0.4, -0.2) is 33.0 Å². The summed E-state index contributed by atoms with van der Waals surface area (Å²) in [5.41, 5.74) is 0. The molecule has 2 unspecified atom stereocenters. The number of hydrogen-bond acceptors (Lipinski definition) is 4. The van der Waals surface area contributed by atoms with Crippen LogP contribution in [0.4, 0.5) is 0 Å². The van der Waals surface area contributed by atoms with Gasteiger partial charge in [-0.2, -0.15) is 0 Å². The zero-order valence-electron chi connectivity index (χ0n) is 6.20. The fourth-order valence-corrected chi connectivity index (χ4v) is 1.09. The van der Waals surface area contributed by atoms with Crippen LogP contribution in [0.2, 0.25) is 0 Å². The number of halogens is 1. The average molecular weight is 209 g/mol. The topological polar surface area (TPSA) is 66.4 Å². The first-order valence-electron chi connectivity index (χ1n) is 2.35. The van der Waals surface area contributed by atoms with Crippen molar-refractivity contribution in [3.8, 4) is 0 Å². The zero-order chi connectivity index (χ0) is 8.15. The summed E-state index contributed by atoms with van der Waals surface area (Å²) in [7, 11) is 1.14. The van der Waals surface area contributed by atoms with Gasteiger partial charge in [0.15, 0.2) is 0 Å². The van der Waals surface area contributed by atoms with Crippen molar-refractivity contribution >= 4 is 28.7 Å². The van der Waals surface area contributed by atoms with Crippen molar-refractivity contribution in [3.05, 3.63) is 0 Å². The van der Waals surface area contributed by atoms with E-state index < -0.39 is 28.2 Å². The first kappa shape index (κ1) is 14.4. The third-order valence-electron chi connectivity index (χ3n) is 0.739. The van der Waals surface area contributed by atoms with Crippen LogP contribution in [0.15, 0.2) is 0 Å². The molecular weight excluding hydrogens is 203 g/mol. The minimum absolute atomic E-state index is 0. The van der Waals surface area contributed by atoms with Gasteiger partial charge in [0, 0.05) is 5.75 Å². The summed E-state index contributed by atoms with van der Waals surface area (Å²) in [6.07, 6.45) is 0. The van der Waals surface area contributed by atoms with Crippen LogP contribution in [0.25, 0.3) is 0 Å². The molecule has 0 amide bonds. The Balaban J connectivity index is 0. The van der Waals surface area contributed by atoms with Crippen molar-refractivity contribution in [2.75, 3.05) is 12.9 Å². The molecule has 0 spiro atoms. The number of esters is 1. The molecule has 0 fully saturated rings. The molecule has 60 valence electrons. The minimum Gasteiger partial charge on any atom is -0.772 e. The number of alkyl halides is 1. The van der Waals surface area contributed by atoms with E-state index in [1.807, 2.05) is 0 Å². The monoisotopic (exact) mass is 208 g/mol. The predicted molar refractivity (Wildman–Crippen MR) is 35.4 cm³/mol. The normalized spacial score (nSPS) is 14.5. The second kappa shape index (κ2) is 7.52. The van der Waals surface area contributed by atoms with Crippen LogP contribution in [0.1, 0.15) is 0 Å². The van der Waals surface area contributed by atoms with Gasteiger partial charge in [0.05, 0.1) is 7.11 Å². The fourth-order valence-electron chi connectivity index (χ4n) is 0.315. The number of rotatable bonds is 3. The Morgan fingerprint density at radius 1 is 1.82 bits per heavy atom. The van der Waals surface area contributed by atoms with Crippen molar-refractivity contribution < 1.29 is 47.9 Å². The van der Waals surface area contributed by atoms with E-state index in [9.17, 15) is 13.6 Å². The standard InChI is InChI=1S/C4H7ClO4S.Na/c1-9-4(6)3(5)2-10(7)8;/h3H,2H2,1H3,(H,7,8);/q;+1/p-1. The summed E-state index contributed by atoms with van der Waals surface area (Å²) < 4.78 is 24.0. The van der Waals surface area contributed by atoms with Crippen molar-refractivity contribution in [1.29, 1.82) is 0 Å². The maximum atomic E-state index is 10.4. The molecule has 0 saturated heterocycles. The summed E-state index contributed by atoms with van der Waals surface area (Å²) in [4.78, 5) is 10.4. The molecule has 0 heterocycles. The predicted octanol–water partition coefficient (Wildman–Crippen LogP) is -3.35. The van der Waals surface area contributed by atoms with Crippen LogP contribution >= 0.6 is 11.6 Å². The van der Waals surface area contributed by atoms with E-state index >= 15 is 0 Å². The number of carbonyl (C=O) groups is 1. The molecule has 0 radical (unpaired) electrons. The molecule has 0 aliphatic carbocycles. The molecule has 0 saturated carbocycles. The molecular formula is C4H6ClNaO4S. The van der Waals surface area contributed by atoms with Gasteiger partial charge < -0.3 is 9.29 Å². The molecule has 0 bridgehead atoms. The number of carbonyl (C=O) groups excluding carboxylic acids is 1. The molecule has 0 aliphatic heterocycles. The van der Waals surface area contributed by atoms with Gasteiger partial charge in [-0.15, -0.1) is 11.6 Å². The van der Waals surface area contributed by atoms with Gasteiger partial charge in [0.1, 0.15) is 5.38 Å². The SMILES string of the molecule is COC(=O)C(Cl)CS(=O)[O-].[Na+]. The van der Waals surface area contributed by atoms with Crippen LogP contribution < -0.4 is 29.6 Å². The molecule has 2 atom stereocenters. The largest absolute Gasteiger partial charge is 1.00 e.